The Morgan fingerprint density at radius 1 is 1.00 bits per heavy atom. The third-order valence-electron chi connectivity index (χ3n) is 5.13. The summed E-state index contributed by atoms with van der Waals surface area (Å²) in [6, 6.07) is 14.2. The van der Waals surface area contributed by atoms with Gasteiger partial charge in [-0.15, -0.1) is 0 Å². The zero-order valence-electron chi connectivity index (χ0n) is 15.3. The number of hydrogen-bond acceptors (Lipinski definition) is 4. The molecule has 1 fully saturated rings. The van der Waals surface area contributed by atoms with Gasteiger partial charge in [-0.25, -0.2) is 8.42 Å². The van der Waals surface area contributed by atoms with Crippen molar-refractivity contribution < 1.29 is 18.0 Å². The predicted molar refractivity (Wildman–Crippen MR) is 104 cm³/mol. The maximum absolute atomic E-state index is 13.0. The molecule has 1 saturated heterocycles. The number of rotatable bonds is 4. The molecular formula is C20H21N3O4S. The number of sulfonamides is 1. The van der Waals surface area contributed by atoms with E-state index in [1.165, 1.54) is 10.4 Å². The predicted octanol–water partition coefficient (Wildman–Crippen LogP) is 1.26. The Balaban J connectivity index is 1.41. The second-order valence-electron chi connectivity index (χ2n) is 6.99. The number of hydrogen-bond donors (Lipinski definition) is 1. The van der Waals surface area contributed by atoms with Crippen LogP contribution in [-0.2, 0) is 32.5 Å². The first-order valence-corrected chi connectivity index (χ1v) is 10.6. The average Bonchev–Trinajstić information content (AvgIpc) is 3.08. The number of amides is 2. The van der Waals surface area contributed by atoms with Crippen molar-refractivity contribution in [1.82, 2.24) is 9.21 Å². The minimum absolute atomic E-state index is 0.00497. The fourth-order valence-electron chi connectivity index (χ4n) is 3.58. The Morgan fingerprint density at radius 3 is 2.43 bits per heavy atom. The van der Waals surface area contributed by atoms with Crippen LogP contribution in [0, 0.1) is 0 Å². The molecule has 2 aromatic carbocycles. The summed E-state index contributed by atoms with van der Waals surface area (Å²) in [5.41, 5.74) is 2.31. The van der Waals surface area contributed by atoms with Crippen molar-refractivity contribution in [2.75, 3.05) is 31.5 Å². The lowest BCUT2D eigenvalue weighted by Gasteiger charge is -2.34. The van der Waals surface area contributed by atoms with E-state index in [4.69, 9.17) is 0 Å². The molecule has 28 heavy (non-hydrogen) atoms. The minimum Gasteiger partial charge on any atom is -0.340 e. The highest BCUT2D eigenvalue weighted by Crippen LogP contribution is 2.27. The first-order chi connectivity index (χ1) is 13.4. The lowest BCUT2D eigenvalue weighted by atomic mass is 10.1. The van der Waals surface area contributed by atoms with E-state index in [0.29, 0.717) is 30.8 Å². The van der Waals surface area contributed by atoms with E-state index in [1.54, 1.807) is 17.0 Å². The van der Waals surface area contributed by atoms with Gasteiger partial charge >= 0.3 is 0 Å². The van der Waals surface area contributed by atoms with Gasteiger partial charge in [0.15, 0.2) is 0 Å². The van der Waals surface area contributed by atoms with Gasteiger partial charge in [-0.05, 0) is 29.3 Å². The normalized spacial score (nSPS) is 17.3. The molecule has 2 aliphatic heterocycles. The van der Waals surface area contributed by atoms with Gasteiger partial charge in [0.2, 0.25) is 21.8 Å². The van der Waals surface area contributed by atoms with Crippen molar-refractivity contribution in [3.8, 4) is 0 Å². The second-order valence-corrected chi connectivity index (χ2v) is 8.93. The fraction of sp³-hybridized carbons (Fsp3) is 0.300. The Labute approximate surface area is 164 Å². The molecule has 7 nitrogen and oxygen atoms in total. The summed E-state index contributed by atoms with van der Waals surface area (Å²) >= 11 is 0. The van der Waals surface area contributed by atoms with Crippen LogP contribution in [0.5, 0.6) is 0 Å². The number of nitrogens with zero attached hydrogens (tertiary/aromatic N) is 2. The van der Waals surface area contributed by atoms with Crippen molar-refractivity contribution >= 4 is 27.5 Å². The van der Waals surface area contributed by atoms with Gasteiger partial charge in [-0.1, -0.05) is 30.3 Å². The fourth-order valence-corrected chi connectivity index (χ4v) is 5.05. The number of benzene rings is 2. The number of piperazine rings is 1. The average molecular weight is 399 g/mol. The van der Waals surface area contributed by atoms with Crippen molar-refractivity contribution in [3.05, 3.63) is 59.7 Å². The molecular weight excluding hydrogens is 378 g/mol. The summed E-state index contributed by atoms with van der Waals surface area (Å²) in [6.45, 7) is 1.26. The smallest absolute Gasteiger partial charge is 0.243 e. The molecule has 0 saturated carbocycles. The lowest BCUT2D eigenvalue weighted by molar-refractivity contribution is -0.131. The van der Waals surface area contributed by atoms with Gasteiger partial charge < -0.3 is 10.2 Å². The van der Waals surface area contributed by atoms with Crippen LogP contribution in [0.4, 0.5) is 5.69 Å². The lowest BCUT2D eigenvalue weighted by Crippen LogP contribution is -2.50. The van der Waals surface area contributed by atoms with E-state index in [2.05, 4.69) is 5.32 Å². The molecule has 0 aliphatic carbocycles. The van der Waals surface area contributed by atoms with Crippen LogP contribution in [0.1, 0.15) is 11.1 Å². The Morgan fingerprint density at radius 2 is 1.71 bits per heavy atom. The number of carbonyl (C=O) groups excluding carboxylic acids is 2. The molecule has 146 valence electrons. The Hall–Kier alpha value is -2.71. The molecule has 0 aromatic heterocycles. The second kappa shape index (κ2) is 7.37. The van der Waals surface area contributed by atoms with Crippen LogP contribution in [0.25, 0.3) is 0 Å². The molecule has 0 radical (unpaired) electrons. The molecule has 2 aliphatic rings. The summed E-state index contributed by atoms with van der Waals surface area (Å²) in [6.07, 6.45) is 0.514. The Bertz CT molecular complexity index is 1010. The molecule has 2 heterocycles. The molecule has 0 bridgehead atoms. The maximum atomic E-state index is 13.0. The monoisotopic (exact) mass is 399 g/mol. The van der Waals surface area contributed by atoms with Crippen LogP contribution in [0.3, 0.4) is 0 Å². The summed E-state index contributed by atoms with van der Waals surface area (Å²) in [7, 11) is -3.65. The van der Waals surface area contributed by atoms with Crippen LogP contribution in [0.2, 0.25) is 0 Å². The summed E-state index contributed by atoms with van der Waals surface area (Å²) < 4.78 is 27.3. The van der Waals surface area contributed by atoms with Gasteiger partial charge in [-0.3, -0.25) is 9.59 Å². The van der Waals surface area contributed by atoms with Crippen LogP contribution >= 0.6 is 0 Å². The van der Waals surface area contributed by atoms with Crippen LogP contribution in [0.15, 0.2) is 53.4 Å². The van der Waals surface area contributed by atoms with E-state index in [1.807, 2.05) is 30.3 Å². The third kappa shape index (κ3) is 3.65. The summed E-state index contributed by atoms with van der Waals surface area (Å²) in [5, 5.41) is 2.70. The first kappa shape index (κ1) is 18.6. The quantitative estimate of drug-likeness (QED) is 0.839. The van der Waals surface area contributed by atoms with Gasteiger partial charge in [0.1, 0.15) is 0 Å². The van der Waals surface area contributed by atoms with Gasteiger partial charge in [-0.2, -0.15) is 4.31 Å². The number of anilines is 1. The molecule has 2 aromatic rings. The van der Waals surface area contributed by atoms with Crippen molar-refractivity contribution in [2.24, 2.45) is 0 Å². The largest absolute Gasteiger partial charge is 0.340 e. The standard InChI is InChI=1S/C20H21N3O4S/c24-19-14-16-13-17(6-7-18(16)21-19)28(26,27)23-10-8-22(9-11-23)20(25)12-15-4-2-1-3-5-15/h1-7,13H,8-12,14H2,(H,21,24). The van der Waals surface area contributed by atoms with Crippen LogP contribution in [-0.4, -0.2) is 55.6 Å². The molecule has 2 amide bonds. The van der Waals surface area contributed by atoms with Crippen LogP contribution < -0.4 is 5.32 Å². The molecule has 4 rings (SSSR count). The molecule has 0 spiro atoms. The van der Waals surface area contributed by atoms with E-state index in [-0.39, 0.29) is 36.2 Å². The highest BCUT2D eigenvalue weighted by molar-refractivity contribution is 7.89. The molecule has 1 N–H and O–H groups in total. The van der Waals surface area contributed by atoms with Crippen molar-refractivity contribution in [1.29, 1.82) is 0 Å². The Kier molecular flexibility index (Phi) is 4.91. The molecule has 8 heteroatoms. The zero-order valence-corrected chi connectivity index (χ0v) is 16.1. The SMILES string of the molecule is O=C1Cc2cc(S(=O)(=O)N3CCN(C(=O)Cc4ccccc4)CC3)ccc2N1. The van der Waals surface area contributed by atoms with E-state index >= 15 is 0 Å². The summed E-state index contributed by atoms with van der Waals surface area (Å²) in [5.74, 6) is -0.125. The van der Waals surface area contributed by atoms with E-state index < -0.39 is 10.0 Å². The number of nitrogens with one attached hydrogen (secondary N) is 1. The van der Waals surface area contributed by atoms with Crippen molar-refractivity contribution in [3.63, 3.8) is 0 Å². The minimum atomic E-state index is -3.65. The highest BCUT2D eigenvalue weighted by Gasteiger charge is 2.31. The maximum Gasteiger partial charge on any atom is 0.243 e. The molecule has 0 atom stereocenters. The number of carbonyl (C=O) groups is 2. The third-order valence-corrected chi connectivity index (χ3v) is 7.02. The van der Waals surface area contributed by atoms with Gasteiger partial charge in [0.05, 0.1) is 17.7 Å². The van der Waals surface area contributed by atoms with E-state index in [9.17, 15) is 18.0 Å². The zero-order chi connectivity index (χ0) is 19.7. The topological polar surface area (TPSA) is 86.8 Å². The first-order valence-electron chi connectivity index (χ1n) is 9.18. The van der Waals surface area contributed by atoms with Gasteiger partial charge in [0.25, 0.3) is 0 Å². The van der Waals surface area contributed by atoms with Gasteiger partial charge in [0, 0.05) is 31.9 Å². The molecule has 0 unspecified atom stereocenters. The highest BCUT2D eigenvalue weighted by atomic mass is 32.2. The van der Waals surface area contributed by atoms with Crippen molar-refractivity contribution in [2.45, 2.75) is 17.7 Å². The number of fused-ring (bicyclic) bond motifs is 1. The summed E-state index contributed by atoms with van der Waals surface area (Å²) in [4.78, 5) is 25.9. The van der Waals surface area contributed by atoms with E-state index in [0.717, 1.165) is 5.56 Å².